The summed E-state index contributed by atoms with van der Waals surface area (Å²) in [6, 6.07) is 20.8. The molecule has 3 aromatic rings. The zero-order chi connectivity index (χ0) is 22.8. The molecule has 7 heteroatoms. The second kappa shape index (κ2) is 8.94. The number of carboxylic acids is 1. The van der Waals surface area contributed by atoms with Crippen molar-refractivity contribution in [3.63, 3.8) is 0 Å². The van der Waals surface area contributed by atoms with Gasteiger partial charge in [0.25, 0.3) is 5.91 Å². The first kappa shape index (κ1) is 21.7. The Morgan fingerprint density at radius 1 is 0.938 bits per heavy atom. The maximum absolute atomic E-state index is 12.8. The van der Waals surface area contributed by atoms with E-state index in [0.717, 1.165) is 16.0 Å². The van der Waals surface area contributed by atoms with E-state index in [4.69, 9.17) is 11.6 Å². The molecule has 6 nitrogen and oxygen atoms in total. The third kappa shape index (κ3) is 4.28. The molecule has 0 bridgehead atoms. The van der Waals surface area contributed by atoms with Gasteiger partial charge in [-0.1, -0.05) is 66.2 Å². The zero-order valence-corrected chi connectivity index (χ0v) is 17.7. The Balaban J connectivity index is 1.46. The van der Waals surface area contributed by atoms with Gasteiger partial charge in [-0.05, 0) is 29.3 Å². The van der Waals surface area contributed by atoms with Gasteiger partial charge in [-0.15, -0.1) is 0 Å². The molecule has 0 radical (unpaired) electrons. The average molecular weight is 450 g/mol. The number of fused-ring (bicyclic) bond motifs is 1. The first-order chi connectivity index (χ1) is 15.3. The molecule has 0 saturated heterocycles. The Labute approximate surface area is 189 Å². The van der Waals surface area contributed by atoms with Crippen LogP contribution in [0.4, 0.5) is 0 Å². The van der Waals surface area contributed by atoms with Gasteiger partial charge in [-0.3, -0.25) is 14.4 Å². The zero-order valence-electron chi connectivity index (χ0n) is 16.9. The highest BCUT2D eigenvalue weighted by atomic mass is 35.5. The Hall–Kier alpha value is -3.48. The number of carbonyl (C=O) groups is 3. The molecule has 1 unspecified atom stereocenters. The van der Waals surface area contributed by atoms with Crippen molar-refractivity contribution < 1.29 is 24.6 Å². The van der Waals surface area contributed by atoms with Crippen molar-refractivity contribution in [2.75, 3.05) is 6.54 Å². The van der Waals surface area contributed by atoms with Gasteiger partial charge >= 0.3 is 5.97 Å². The average Bonchev–Trinajstić information content (AvgIpc) is 3.04. The predicted molar refractivity (Wildman–Crippen MR) is 119 cm³/mol. The van der Waals surface area contributed by atoms with Gasteiger partial charge in [0.1, 0.15) is 0 Å². The van der Waals surface area contributed by atoms with E-state index in [-0.39, 0.29) is 18.7 Å². The Morgan fingerprint density at radius 2 is 1.53 bits per heavy atom. The SMILES string of the molecule is O=C(CC(CN1C(=O)c2ccccc2[C@@H]1O)C(=O)O)c1ccc(-c2ccc(Cl)cc2)cc1. The van der Waals surface area contributed by atoms with Crippen molar-refractivity contribution in [2.45, 2.75) is 12.6 Å². The molecule has 1 amide bonds. The number of benzene rings is 3. The van der Waals surface area contributed by atoms with E-state index < -0.39 is 24.0 Å². The predicted octanol–water partition coefficient (Wildman–Crippen LogP) is 4.43. The molecule has 32 heavy (non-hydrogen) atoms. The van der Waals surface area contributed by atoms with Crippen LogP contribution < -0.4 is 0 Å². The Kier molecular flexibility index (Phi) is 6.08. The van der Waals surface area contributed by atoms with Crippen molar-refractivity contribution in [1.29, 1.82) is 0 Å². The highest BCUT2D eigenvalue weighted by molar-refractivity contribution is 6.30. The molecular weight excluding hydrogens is 430 g/mol. The van der Waals surface area contributed by atoms with Crippen LogP contribution in [-0.4, -0.2) is 39.3 Å². The van der Waals surface area contributed by atoms with E-state index in [1.54, 1.807) is 60.7 Å². The highest BCUT2D eigenvalue weighted by Crippen LogP contribution is 2.32. The van der Waals surface area contributed by atoms with Crippen LogP contribution in [0.25, 0.3) is 11.1 Å². The van der Waals surface area contributed by atoms with E-state index in [9.17, 15) is 24.6 Å². The van der Waals surface area contributed by atoms with Crippen molar-refractivity contribution >= 4 is 29.3 Å². The molecule has 0 aromatic heterocycles. The van der Waals surface area contributed by atoms with Crippen LogP contribution in [-0.2, 0) is 4.79 Å². The molecule has 2 atom stereocenters. The second-order valence-electron chi connectivity index (χ2n) is 7.67. The van der Waals surface area contributed by atoms with Gasteiger partial charge in [0.05, 0.1) is 5.92 Å². The van der Waals surface area contributed by atoms with E-state index in [1.807, 2.05) is 12.1 Å². The van der Waals surface area contributed by atoms with Crippen LogP contribution in [0.3, 0.4) is 0 Å². The van der Waals surface area contributed by atoms with Crippen LogP contribution >= 0.6 is 11.6 Å². The maximum atomic E-state index is 12.8. The lowest BCUT2D eigenvalue weighted by Gasteiger charge is -2.24. The summed E-state index contributed by atoms with van der Waals surface area (Å²) in [5.74, 6) is -3.14. The summed E-state index contributed by atoms with van der Waals surface area (Å²) in [6.07, 6.45) is -1.52. The molecule has 0 spiro atoms. The van der Waals surface area contributed by atoms with Crippen LogP contribution in [0, 0.1) is 5.92 Å². The lowest BCUT2D eigenvalue weighted by molar-refractivity contribution is -0.142. The van der Waals surface area contributed by atoms with E-state index in [2.05, 4.69) is 0 Å². The molecule has 0 fully saturated rings. The van der Waals surface area contributed by atoms with Gasteiger partial charge in [0, 0.05) is 34.7 Å². The third-order valence-corrected chi connectivity index (χ3v) is 5.86. The number of aliphatic carboxylic acids is 1. The largest absolute Gasteiger partial charge is 0.481 e. The summed E-state index contributed by atoms with van der Waals surface area (Å²) in [5.41, 5.74) is 3.00. The number of carbonyl (C=O) groups excluding carboxylic acids is 2. The topological polar surface area (TPSA) is 94.9 Å². The van der Waals surface area contributed by atoms with Gasteiger partial charge in [0.15, 0.2) is 12.0 Å². The minimum atomic E-state index is -1.23. The summed E-state index contributed by atoms with van der Waals surface area (Å²) in [5, 5.41) is 20.7. The minimum Gasteiger partial charge on any atom is -0.481 e. The summed E-state index contributed by atoms with van der Waals surface area (Å²) in [4.78, 5) is 38.3. The van der Waals surface area contributed by atoms with Crippen molar-refractivity contribution in [2.24, 2.45) is 5.92 Å². The van der Waals surface area contributed by atoms with Gasteiger partial charge in [-0.25, -0.2) is 0 Å². The summed E-state index contributed by atoms with van der Waals surface area (Å²) in [6.45, 7) is -0.265. The molecule has 1 aliphatic heterocycles. The summed E-state index contributed by atoms with van der Waals surface area (Å²) < 4.78 is 0. The number of halogens is 1. The van der Waals surface area contributed by atoms with E-state index >= 15 is 0 Å². The minimum absolute atomic E-state index is 0.265. The van der Waals surface area contributed by atoms with Crippen LogP contribution in [0.1, 0.15) is 38.9 Å². The van der Waals surface area contributed by atoms with E-state index in [0.29, 0.717) is 21.7 Å². The number of Topliss-reactive ketones (excluding diaryl/α,β-unsaturated/α-hetero) is 1. The number of hydrogen-bond acceptors (Lipinski definition) is 4. The quantitative estimate of drug-likeness (QED) is 0.520. The Bertz CT molecular complexity index is 1170. The monoisotopic (exact) mass is 449 g/mol. The van der Waals surface area contributed by atoms with Crippen molar-refractivity contribution in [3.05, 3.63) is 94.5 Å². The van der Waals surface area contributed by atoms with Crippen LogP contribution in [0.2, 0.25) is 5.02 Å². The molecule has 0 saturated carbocycles. The van der Waals surface area contributed by atoms with E-state index in [1.165, 1.54) is 0 Å². The standard InChI is InChI=1S/C25H20ClNO5/c26-19-11-9-16(10-12-19)15-5-7-17(8-6-15)22(28)13-18(25(31)32)14-27-23(29)20-3-1-2-4-21(20)24(27)30/h1-12,18,23,29H,13-14H2,(H,31,32)/t18?,23-/m0/s1. The molecule has 1 aliphatic rings. The van der Waals surface area contributed by atoms with Crippen LogP contribution in [0.5, 0.6) is 0 Å². The number of hydrogen-bond donors (Lipinski definition) is 2. The van der Waals surface area contributed by atoms with Crippen molar-refractivity contribution in [3.8, 4) is 11.1 Å². The maximum Gasteiger partial charge on any atom is 0.308 e. The summed E-state index contributed by atoms with van der Waals surface area (Å²) >= 11 is 5.91. The van der Waals surface area contributed by atoms with Crippen LogP contribution in [0.15, 0.2) is 72.8 Å². The fourth-order valence-electron chi connectivity index (χ4n) is 3.83. The third-order valence-electron chi connectivity index (χ3n) is 5.61. The first-order valence-corrected chi connectivity index (χ1v) is 10.4. The first-order valence-electron chi connectivity index (χ1n) is 10.0. The number of ketones is 1. The van der Waals surface area contributed by atoms with Gasteiger partial charge in [-0.2, -0.15) is 0 Å². The number of amides is 1. The number of rotatable bonds is 7. The fraction of sp³-hybridized carbons (Fsp3) is 0.160. The lowest BCUT2D eigenvalue weighted by atomic mass is 9.96. The highest BCUT2D eigenvalue weighted by Gasteiger charge is 2.38. The second-order valence-corrected chi connectivity index (χ2v) is 8.10. The smallest absolute Gasteiger partial charge is 0.308 e. The molecular formula is C25H20ClNO5. The Morgan fingerprint density at radius 3 is 2.12 bits per heavy atom. The van der Waals surface area contributed by atoms with Crippen molar-refractivity contribution in [1.82, 2.24) is 4.90 Å². The van der Waals surface area contributed by atoms with Gasteiger partial charge < -0.3 is 15.1 Å². The lowest BCUT2D eigenvalue weighted by Crippen LogP contribution is -2.37. The number of carboxylic acid groups (broad SMARTS) is 1. The molecule has 3 aromatic carbocycles. The number of aliphatic hydroxyl groups excluding tert-OH is 1. The summed E-state index contributed by atoms with van der Waals surface area (Å²) in [7, 11) is 0. The normalized spacial score (nSPS) is 16.0. The number of aliphatic hydroxyl groups is 1. The molecule has 162 valence electrons. The molecule has 0 aliphatic carbocycles. The number of nitrogens with zero attached hydrogens (tertiary/aromatic N) is 1. The molecule has 2 N–H and O–H groups in total. The fourth-order valence-corrected chi connectivity index (χ4v) is 3.96. The molecule has 1 heterocycles. The molecule has 4 rings (SSSR count). The van der Waals surface area contributed by atoms with Gasteiger partial charge in [0.2, 0.25) is 0 Å².